The minimum atomic E-state index is 0.350. The second kappa shape index (κ2) is 4.54. The predicted octanol–water partition coefficient (Wildman–Crippen LogP) is 3.57. The Bertz CT molecular complexity index is 337. The summed E-state index contributed by atoms with van der Waals surface area (Å²) in [6, 6.07) is 8.51. The van der Waals surface area contributed by atoms with E-state index in [-0.39, 0.29) is 0 Å². The van der Waals surface area contributed by atoms with Crippen molar-refractivity contribution < 1.29 is 0 Å². The normalized spacial score (nSPS) is 31.5. The monoisotopic (exact) mass is 223 g/mol. The van der Waals surface area contributed by atoms with Crippen LogP contribution in [-0.4, -0.2) is 6.04 Å². The van der Waals surface area contributed by atoms with Crippen molar-refractivity contribution in [1.82, 2.24) is 0 Å². The zero-order valence-electron chi connectivity index (χ0n) is 9.12. The Labute approximate surface area is 96.6 Å². The van der Waals surface area contributed by atoms with Crippen molar-refractivity contribution in [3.05, 3.63) is 34.9 Å². The summed E-state index contributed by atoms with van der Waals surface area (Å²) < 4.78 is 0. The molecule has 82 valence electrons. The molecule has 1 aliphatic carbocycles. The average Bonchev–Trinajstić information content (AvgIpc) is 2.23. The SMILES string of the molecule is CC1CCC(N)CC1c1ccccc1Cl. The molecular weight excluding hydrogens is 206 g/mol. The molecule has 0 amide bonds. The molecule has 0 aliphatic heterocycles. The van der Waals surface area contributed by atoms with Crippen LogP contribution in [-0.2, 0) is 0 Å². The third-order valence-electron chi connectivity index (χ3n) is 3.54. The van der Waals surface area contributed by atoms with E-state index in [1.807, 2.05) is 12.1 Å². The van der Waals surface area contributed by atoms with Crippen molar-refractivity contribution in [1.29, 1.82) is 0 Å². The predicted molar refractivity (Wildman–Crippen MR) is 65.2 cm³/mol. The number of rotatable bonds is 1. The van der Waals surface area contributed by atoms with Gasteiger partial charge in [0.05, 0.1) is 0 Å². The first kappa shape index (κ1) is 11.0. The van der Waals surface area contributed by atoms with E-state index >= 15 is 0 Å². The van der Waals surface area contributed by atoms with Gasteiger partial charge in [-0.25, -0.2) is 0 Å². The first-order valence-corrected chi connectivity index (χ1v) is 6.06. The highest BCUT2D eigenvalue weighted by atomic mass is 35.5. The topological polar surface area (TPSA) is 26.0 Å². The quantitative estimate of drug-likeness (QED) is 0.774. The van der Waals surface area contributed by atoms with Gasteiger partial charge in [0.1, 0.15) is 0 Å². The molecule has 1 saturated carbocycles. The van der Waals surface area contributed by atoms with Crippen molar-refractivity contribution in [2.24, 2.45) is 11.7 Å². The third kappa shape index (κ3) is 2.35. The maximum absolute atomic E-state index is 6.23. The van der Waals surface area contributed by atoms with E-state index in [0.717, 1.165) is 17.9 Å². The van der Waals surface area contributed by atoms with Crippen molar-refractivity contribution >= 4 is 11.6 Å². The maximum Gasteiger partial charge on any atom is 0.0440 e. The van der Waals surface area contributed by atoms with Crippen molar-refractivity contribution in [2.45, 2.75) is 38.1 Å². The van der Waals surface area contributed by atoms with Gasteiger partial charge in [0.25, 0.3) is 0 Å². The van der Waals surface area contributed by atoms with Gasteiger partial charge in [0, 0.05) is 11.1 Å². The van der Waals surface area contributed by atoms with Gasteiger partial charge < -0.3 is 5.73 Å². The summed E-state index contributed by atoms with van der Waals surface area (Å²) in [4.78, 5) is 0. The Hall–Kier alpha value is -0.530. The van der Waals surface area contributed by atoms with Crippen molar-refractivity contribution in [3.63, 3.8) is 0 Å². The molecule has 0 radical (unpaired) electrons. The Morgan fingerprint density at radius 2 is 2.00 bits per heavy atom. The number of nitrogens with two attached hydrogens (primary N) is 1. The van der Waals surface area contributed by atoms with E-state index < -0.39 is 0 Å². The zero-order valence-corrected chi connectivity index (χ0v) is 9.87. The van der Waals surface area contributed by atoms with E-state index in [0.29, 0.717) is 17.9 Å². The smallest absolute Gasteiger partial charge is 0.0440 e. The van der Waals surface area contributed by atoms with Gasteiger partial charge in [0.2, 0.25) is 0 Å². The largest absolute Gasteiger partial charge is 0.328 e. The molecule has 0 spiro atoms. The highest BCUT2D eigenvalue weighted by Gasteiger charge is 2.28. The first-order chi connectivity index (χ1) is 7.18. The van der Waals surface area contributed by atoms with E-state index in [1.54, 1.807) is 0 Å². The van der Waals surface area contributed by atoms with Crippen LogP contribution < -0.4 is 5.73 Å². The van der Waals surface area contributed by atoms with Crippen LogP contribution in [0.2, 0.25) is 5.02 Å². The van der Waals surface area contributed by atoms with Gasteiger partial charge in [0.15, 0.2) is 0 Å². The molecule has 0 aromatic heterocycles. The lowest BCUT2D eigenvalue weighted by Gasteiger charge is -2.33. The lowest BCUT2D eigenvalue weighted by atomic mass is 9.75. The summed E-state index contributed by atoms with van der Waals surface area (Å²) in [6.45, 7) is 2.31. The van der Waals surface area contributed by atoms with Crippen molar-refractivity contribution in [3.8, 4) is 0 Å². The van der Waals surface area contributed by atoms with E-state index in [2.05, 4.69) is 19.1 Å². The molecule has 1 aliphatic rings. The molecule has 3 unspecified atom stereocenters. The minimum absolute atomic E-state index is 0.350. The van der Waals surface area contributed by atoms with E-state index in [1.165, 1.54) is 12.0 Å². The van der Waals surface area contributed by atoms with Gasteiger partial charge in [-0.05, 0) is 42.7 Å². The van der Waals surface area contributed by atoms with Crippen LogP contribution in [0.25, 0.3) is 0 Å². The van der Waals surface area contributed by atoms with Crippen LogP contribution in [0, 0.1) is 5.92 Å². The fourth-order valence-electron chi connectivity index (χ4n) is 2.56. The van der Waals surface area contributed by atoms with Crippen LogP contribution >= 0.6 is 11.6 Å². The number of hydrogen-bond donors (Lipinski definition) is 1. The summed E-state index contributed by atoms with van der Waals surface area (Å²) in [6.07, 6.45) is 3.45. The van der Waals surface area contributed by atoms with Crippen LogP contribution in [0.15, 0.2) is 24.3 Å². The molecule has 2 heteroatoms. The van der Waals surface area contributed by atoms with Crippen LogP contribution in [0.5, 0.6) is 0 Å². The number of hydrogen-bond acceptors (Lipinski definition) is 1. The standard InChI is InChI=1S/C13H18ClN/c1-9-6-7-10(15)8-12(9)11-4-2-3-5-13(11)14/h2-5,9-10,12H,6-8,15H2,1H3. The lowest BCUT2D eigenvalue weighted by Crippen LogP contribution is -2.31. The van der Waals surface area contributed by atoms with Crippen LogP contribution in [0.4, 0.5) is 0 Å². The van der Waals surface area contributed by atoms with Gasteiger partial charge in [-0.1, -0.05) is 36.7 Å². The molecule has 0 saturated heterocycles. The van der Waals surface area contributed by atoms with Gasteiger partial charge in [-0.2, -0.15) is 0 Å². The van der Waals surface area contributed by atoms with E-state index in [4.69, 9.17) is 17.3 Å². The van der Waals surface area contributed by atoms with Crippen LogP contribution in [0.1, 0.15) is 37.7 Å². The molecule has 2 rings (SSSR count). The summed E-state index contributed by atoms with van der Waals surface area (Å²) in [5, 5.41) is 0.892. The molecule has 1 aromatic rings. The first-order valence-electron chi connectivity index (χ1n) is 5.68. The molecule has 3 atom stereocenters. The summed E-state index contributed by atoms with van der Waals surface area (Å²) in [5.74, 6) is 1.24. The zero-order chi connectivity index (χ0) is 10.8. The lowest BCUT2D eigenvalue weighted by molar-refractivity contribution is 0.300. The highest BCUT2D eigenvalue weighted by Crippen LogP contribution is 2.39. The van der Waals surface area contributed by atoms with Crippen LogP contribution in [0.3, 0.4) is 0 Å². The molecule has 0 bridgehead atoms. The average molecular weight is 224 g/mol. The molecule has 2 N–H and O–H groups in total. The maximum atomic E-state index is 6.23. The summed E-state index contributed by atoms with van der Waals surface area (Å²) >= 11 is 6.23. The van der Waals surface area contributed by atoms with E-state index in [9.17, 15) is 0 Å². The van der Waals surface area contributed by atoms with Gasteiger partial charge >= 0.3 is 0 Å². The van der Waals surface area contributed by atoms with Gasteiger partial charge in [-0.15, -0.1) is 0 Å². The molecule has 1 aromatic carbocycles. The second-order valence-electron chi connectivity index (χ2n) is 4.68. The number of benzene rings is 1. The molecule has 0 heterocycles. The molecular formula is C13H18ClN. The minimum Gasteiger partial charge on any atom is -0.328 e. The summed E-state index contributed by atoms with van der Waals surface area (Å²) in [7, 11) is 0. The fourth-order valence-corrected chi connectivity index (χ4v) is 2.84. The Balaban J connectivity index is 2.25. The molecule has 15 heavy (non-hydrogen) atoms. The third-order valence-corrected chi connectivity index (χ3v) is 3.89. The highest BCUT2D eigenvalue weighted by molar-refractivity contribution is 6.31. The number of halogens is 1. The van der Waals surface area contributed by atoms with Crippen molar-refractivity contribution in [2.75, 3.05) is 0 Å². The molecule has 1 fully saturated rings. The summed E-state index contributed by atoms with van der Waals surface area (Å²) in [5.41, 5.74) is 7.31. The fraction of sp³-hybridized carbons (Fsp3) is 0.538. The molecule has 1 nitrogen and oxygen atoms in total. The Morgan fingerprint density at radius 3 is 2.73 bits per heavy atom. The Kier molecular flexibility index (Phi) is 3.32. The Morgan fingerprint density at radius 1 is 1.27 bits per heavy atom. The second-order valence-corrected chi connectivity index (χ2v) is 5.09. The van der Waals surface area contributed by atoms with Gasteiger partial charge in [-0.3, -0.25) is 0 Å².